The normalized spacial score (nSPS) is 13.9. The van der Waals surface area contributed by atoms with Crippen molar-refractivity contribution < 1.29 is 4.79 Å². The Labute approximate surface area is 176 Å². The predicted octanol–water partition coefficient (Wildman–Crippen LogP) is 3.67. The second kappa shape index (κ2) is 10.4. The topological polar surface area (TPSA) is 57.3 Å². The van der Waals surface area contributed by atoms with Crippen LogP contribution >= 0.6 is 23.8 Å². The van der Waals surface area contributed by atoms with Gasteiger partial charge in [-0.1, -0.05) is 48.7 Å². The van der Waals surface area contributed by atoms with E-state index in [1.165, 1.54) is 12.8 Å². The molecule has 1 aromatic carbocycles. The highest BCUT2D eigenvalue weighted by molar-refractivity contribution is 7.80. The molecule has 0 atom stereocenters. The van der Waals surface area contributed by atoms with Gasteiger partial charge in [-0.2, -0.15) is 0 Å². The zero-order chi connectivity index (χ0) is 19.8. The van der Waals surface area contributed by atoms with Gasteiger partial charge in [-0.15, -0.1) is 0 Å². The molecule has 1 amide bonds. The van der Waals surface area contributed by atoms with E-state index in [4.69, 9.17) is 23.8 Å². The summed E-state index contributed by atoms with van der Waals surface area (Å²) in [7, 11) is 0. The maximum Gasteiger partial charge on any atom is 0.239 e. The summed E-state index contributed by atoms with van der Waals surface area (Å²) in [4.78, 5) is 18.6. The Morgan fingerprint density at radius 1 is 1.14 bits per heavy atom. The van der Waals surface area contributed by atoms with Crippen LogP contribution in [0.25, 0.3) is 0 Å². The number of benzene rings is 1. The summed E-state index contributed by atoms with van der Waals surface area (Å²) in [6.07, 6.45) is 6.34. The minimum atomic E-state index is -0.114. The molecule has 1 saturated carbocycles. The number of hydrogen-bond donors (Lipinski definition) is 2. The number of halogens is 1. The molecule has 148 valence electrons. The van der Waals surface area contributed by atoms with Crippen LogP contribution in [0.2, 0.25) is 5.02 Å². The monoisotopic (exact) mass is 416 g/mol. The standard InChI is InChI=1S/C21H25ClN4OS/c22-19-11-4-1-7-16(19)15-26(18-9-2-3-10-18)21(28)25-14-20(27)24-13-17-8-5-6-12-23-17/h1,4-8,11-12,18H,2-3,9-10,13-15H2,(H,24,27)(H,25,28). The van der Waals surface area contributed by atoms with E-state index in [9.17, 15) is 4.79 Å². The van der Waals surface area contributed by atoms with Crippen LogP contribution in [-0.2, 0) is 17.9 Å². The van der Waals surface area contributed by atoms with Crippen molar-refractivity contribution in [3.63, 3.8) is 0 Å². The smallest absolute Gasteiger partial charge is 0.239 e. The van der Waals surface area contributed by atoms with E-state index in [0.29, 0.717) is 24.2 Å². The first kappa shape index (κ1) is 20.6. The lowest BCUT2D eigenvalue weighted by molar-refractivity contribution is -0.120. The van der Waals surface area contributed by atoms with E-state index in [0.717, 1.165) is 29.1 Å². The third-order valence-corrected chi connectivity index (χ3v) is 5.67. The van der Waals surface area contributed by atoms with Gasteiger partial charge in [0, 0.05) is 23.8 Å². The molecule has 0 bridgehead atoms. The zero-order valence-electron chi connectivity index (χ0n) is 15.7. The van der Waals surface area contributed by atoms with Gasteiger partial charge in [0.15, 0.2) is 5.11 Å². The second-order valence-corrected chi connectivity index (χ2v) is 7.71. The molecule has 1 heterocycles. The van der Waals surface area contributed by atoms with E-state index in [-0.39, 0.29) is 12.5 Å². The molecule has 2 N–H and O–H groups in total. The first-order valence-electron chi connectivity index (χ1n) is 9.58. The molecule has 28 heavy (non-hydrogen) atoms. The lowest BCUT2D eigenvalue weighted by Crippen LogP contribution is -2.47. The number of amides is 1. The van der Waals surface area contributed by atoms with Gasteiger partial charge in [-0.05, 0) is 48.8 Å². The fourth-order valence-electron chi connectivity index (χ4n) is 3.40. The third-order valence-electron chi connectivity index (χ3n) is 4.92. The van der Waals surface area contributed by atoms with Gasteiger partial charge in [0.25, 0.3) is 0 Å². The van der Waals surface area contributed by atoms with Gasteiger partial charge < -0.3 is 15.5 Å². The Balaban J connectivity index is 1.55. The molecule has 0 radical (unpaired) electrons. The lowest BCUT2D eigenvalue weighted by Gasteiger charge is -2.32. The quantitative estimate of drug-likeness (QED) is 0.674. The number of hydrogen-bond acceptors (Lipinski definition) is 3. The zero-order valence-corrected chi connectivity index (χ0v) is 17.3. The number of carbonyl (C=O) groups excluding carboxylic acids is 1. The molecule has 2 aromatic rings. The Kier molecular flexibility index (Phi) is 7.62. The number of carbonyl (C=O) groups is 1. The Bertz CT molecular complexity index is 796. The molecule has 1 aliphatic rings. The number of nitrogens with zero attached hydrogens (tertiary/aromatic N) is 2. The Morgan fingerprint density at radius 2 is 1.89 bits per heavy atom. The predicted molar refractivity (Wildman–Crippen MR) is 116 cm³/mol. The van der Waals surface area contributed by atoms with E-state index < -0.39 is 0 Å². The summed E-state index contributed by atoms with van der Waals surface area (Å²) in [5, 5.41) is 7.31. The molecule has 0 saturated heterocycles. The highest BCUT2D eigenvalue weighted by Gasteiger charge is 2.25. The molecule has 3 rings (SSSR count). The van der Waals surface area contributed by atoms with E-state index in [1.54, 1.807) is 6.20 Å². The summed E-state index contributed by atoms with van der Waals surface area (Å²) in [6, 6.07) is 13.8. The summed E-state index contributed by atoms with van der Waals surface area (Å²) in [6.45, 7) is 1.18. The average Bonchev–Trinajstić information content (AvgIpc) is 3.25. The number of aromatic nitrogens is 1. The van der Waals surface area contributed by atoms with Gasteiger partial charge in [0.05, 0.1) is 18.8 Å². The maximum absolute atomic E-state index is 12.2. The number of rotatable bonds is 7. The molecule has 1 aromatic heterocycles. The first-order valence-corrected chi connectivity index (χ1v) is 10.4. The van der Waals surface area contributed by atoms with Gasteiger partial charge in [0.1, 0.15) is 0 Å². The molecule has 7 heteroatoms. The van der Waals surface area contributed by atoms with Crippen molar-refractivity contribution >= 4 is 34.8 Å². The minimum Gasteiger partial charge on any atom is -0.353 e. The van der Waals surface area contributed by atoms with Crippen LogP contribution in [0.4, 0.5) is 0 Å². The molecule has 0 spiro atoms. The molecular formula is C21H25ClN4OS. The van der Waals surface area contributed by atoms with Crippen LogP contribution in [0.15, 0.2) is 48.7 Å². The van der Waals surface area contributed by atoms with Crippen LogP contribution in [0.1, 0.15) is 36.9 Å². The average molecular weight is 417 g/mol. The number of pyridine rings is 1. The summed E-state index contributed by atoms with van der Waals surface area (Å²) < 4.78 is 0. The SMILES string of the molecule is O=C(CNC(=S)N(Cc1ccccc1Cl)C1CCCC1)NCc1ccccn1. The van der Waals surface area contributed by atoms with Crippen molar-refractivity contribution in [1.29, 1.82) is 0 Å². The van der Waals surface area contributed by atoms with Crippen LogP contribution in [0.3, 0.4) is 0 Å². The Morgan fingerprint density at radius 3 is 2.61 bits per heavy atom. The lowest BCUT2D eigenvalue weighted by atomic mass is 10.1. The highest BCUT2D eigenvalue weighted by atomic mass is 35.5. The minimum absolute atomic E-state index is 0.114. The Hall–Kier alpha value is -2.18. The molecule has 0 unspecified atom stereocenters. The van der Waals surface area contributed by atoms with Gasteiger partial charge in [-0.25, -0.2) is 0 Å². The summed E-state index contributed by atoms with van der Waals surface area (Å²) in [5.41, 5.74) is 1.87. The van der Waals surface area contributed by atoms with Crippen molar-refractivity contribution in [2.24, 2.45) is 0 Å². The van der Waals surface area contributed by atoms with Crippen LogP contribution in [-0.4, -0.2) is 33.5 Å². The first-order chi connectivity index (χ1) is 13.6. The van der Waals surface area contributed by atoms with Crippen molar-refractivity contribution in [3.05, 3.63) is 64.9 Å². The molecule has 5 nitrogen and oxygen atoms in total. The van der Waals surface area contributed by atoms with E-state index in [1.807, 2.05) is 42.5 Å². The van der Waals surface area contributed by atoms with Crippen molar-refractivity contribution in [1.82, 2.24) is 20.5 Å². The van der Waals surface area contributed by atoms with Crippen LogP contribution < -0.4 is 10.6 Å². The fraction of sp³-hybridized carbons (Fsp3) is 0.381. The van der Waals surface area contributed by atoms with Gasteiger partial charge in [-0.3, -0.25) is 9.78 Å². The highest BCUT2D eigenvalue weighted by Crippen LogP contribution is 2.26. The van der Waals surface area contributed by atoms with Crippen molar-refractivity contribution in [2.45, 2.75) is 44.8 Å². The molecule has 1 aliphatic carbocycles. The van der Waals surface area contributed by atoms with E-state index >= 15 is 0 Å². The number of nitrogens with one attached hydrogen (secondary N) is 2. The van der Waals surface area contributed by atoms with Crippen LogP contribution in [0.5, 0.6) is 0 Å². The van der Waals surface area contributed by atoms with Gasteiger partial charge >= 0.3 is 0 Å². The summed E-state index contributed by atoms with van der Waals surface area (Å²) in [5.74, 6) is -0.114. The third kappa shape index (κ3) is 5.91. The van der Waals surface area contributed by atoms with Gasteiger partial charge in [0.2, 0.25) is 5.91 Å². The largest absolute Gasteiger partial charge is 0.353 e. The molecule has 1 fully saturated rings. The summed E-state index contributed by atoms with van der Waals surface area (Å²) >= 11 is 12.0. The fourth-order valence-corrected chi connectivity index (χ4v) is 3.89. The second-order valence-electron chi connectivity index (χ2n) is 6.91. The van der Waals surface area contributed by atoms with Crippen molar-refractivity contribution in [3.8, 4) is 0 Å². The van der Waals surface area contributed by atoms with Crippen molar-refractivity contribution in [2.75, 3.05) is 6.54 Å². The van der Waals surface area contributed by atoms with E-state index in [2.05, 4.69) is 20.5 Å². The molecule has 0 aliphatic heterocycles. The molecular weight excluding hydrogens is 392 g/mol. The number of thiocarbonyl (C=S) groups is 1. The van der Waals surface area contributed by atoms with Crippen LogP contribution in [0, 0.1) is 0 Å². The maximum atomic E-state index is 12.2.